The van der Waals surface area contributed by atoms with Gasteiger partial charge in [0.15, 0.2) is 0 Å². The fourth-order valence-electron chi connectivity index (χ4n) is 3.28. The molecule has 0 aromatic heterocycles. The quantitative estimate of drug-likeness (QED) is 0.823. The summed E-state index contributed by atoms with van der Waals surface area (Å²) in [5, 5.41) is 9.69. The Morgan fingerprint density at radius 1 is 0.833 bits per heavy atom. The van der Waals surface area contributed by atoms with Crippen molar-refractivity contribution in [1.29, 1.82) is 0 Å². The van der Waals surface area contributed by atoms with Crippen molar-refractivity contribution in [3.63, 3.8) is 0 Å². The molecule has 5 unspecified atom stereocenters. The van der Waals surface area contributed by atoms with E-state index in [1.165, 1.54) is 0 Å². The summed E-state index contributed by atoms with van der Waals surface area (Å²) in [7, 11) is 1.60. The standard InChI is InChI=1S/C15H30O3/c1-9-10(2)12(4)15(13(5)11(9)3)18-8-14(16)7-17-6/h9-16H,7-8H2,1-6H3. The Morgan fingerprint density at radius 3 is 1.72 bits per heavy atom. The third kappa shape index (κ3) is 3.46. The van der Waals surface area contributed by atoms with Crippen molar-refractivity contribution in [2.75, 3.05) is 20.3 Å². The van der Waals surface area contributed by atoms with Gasteiger partial charge in [-0.15, -0.1) is 0 Å². The maximum absolute atomic E-state index is 9.69. The summed E-state index contributed by atoms with van der Waals surface area (Å²) in [6.45, 7) is 12.3. The second kappa shape index (κ2) is 6.88. The van der Waals surface area contributed by atoms with Gasteiger partial charge in [0.2, 0.25) is 0 Å². The zero-order valence-electron chi connectivity index (χ0n) is 12.7. The Labute approximate surface area is 112 Å². The lowest BCUT2D eigenvalue weighted by atomic mass is 9.63. The molecule has 5 atom stereocenters. The van der Waals surface area contributed by atoms with Gasteiger partial charge < -0.3 is 14.6 Å². The summed E-state index contributed by atoms with van der Waals surface area (Å²) >= 11 is 0. The maximum Gasteiger partial charge on any atom is 0.101 e. The smallest absolute Gasteiger partial charge is 0.101 e. The number of rotatable bonds is 5. The molecular weight excluding hydrogens is 228 g/mol. The van der Waals surface area contributed by atoms with Crippen LogP contribution < -0.4 is 0 Å². The van der Waals surface area contributed by atoms with E-state index in [9.17, 15) is 5.11 Å². The van der Waals surface area contributed by atoms with Crippen molar-refractivity contribution < 1.29 is 14.6 Å². The predicted molar refractivity (Wildman–Crippen MR) is 73.4 cm³/mol. The highest BCUT2D eigenvalue weighted by Crippen LogP contribution is 2.43. The van der Waals surface area contributed by atoms with E-state index in [2.05, 4.69) is 34.6 Å². The van der Waals surface area contributed by atoms with Crippen LogP contribution in [0.15, 0.2) is 0 Å². The number of aliphatic hydroxyl groups excluding tert-OH is 1. The first-order valence-corrected chi connectivity index (χ1v) is 7.18. The molecule has 0 aromatic rings. The van der Waals surface area contributed by atoms with Gasteiger partial charge in [0.1, 0.15) is 6.10 Å². The summed E-state index contributed by atoms with van der Waals surface area (Å²) in [5.41, 5.74) is 0. The van der Waals surface area contributed by atoms with E-state index < -0.39 is 6.10 Å². The normalized spacial score (nSPS) is 42.8. The molecule has 1 rings (SSSR count). The van der Waals surface area contributed by atoms with Crippen molar-refractivity contribution in [3.05, 3.63) is 0 Å². The van der Waals surface area contributed by atoms with Crippen LogP contribution in [-0.4, -0.2) is 37.6 Å². The summed E-state index contributed by atoms with van der Waals surface area (Å²) in [6, 6.07) is 0. The van der Waals surface area contributed by atoms with E-state index in [0.717, 1.165) is 5.92 Å². The number of hydrogen-bond donors (Lipinski definition) is 1. The van der Waals surface area contributed by atoms with Crippen molar-refractivity contribution in [3.8, 4) is 0 Å². The van der Waals surface area contributed by atoms with Crippen LogP contribution in [0.25, 0.3) is 0 Å². The first kappa shape index (κ1) is 15.9. The van der Waals surface area contributed by atoms with E-state index in [0.29, 0.717) is 36.9 Å². The number of hydrogen-bond acceptors (Lipinski definition) is 3. The van der Waals surface area contributed by atoms with Crippen molar-refractivity contribution in [2.45, 2.75) is 46.8 Å². The molecule has 1 aliphatic rings. The third-order valence-electron chi connectivity index (χ3n) is 5.19. The van der Waals surface area contributed by atoms with Crippen LogP contribution in [0.2, 0.25) is 0 Å². The second-order valence-electron chi connectivity index (χ2n) is 6.20. The first-order valence-electron chi connectivity index (χ1n) is 7.18. The SMILES string of the molecule is COCC(O)COC1C(C)C(C)C(C)C(C)C1C. The van der Waals surface area contributed by atoms with Gasteiger partial charge in [0.25, 0.3) is 0 Å². The lowest BCUT2D eigenvalue weighted by Crippen LogP contribution is -2.47. The Bertz CT molecular complexity index is 228. The first-order chi connectivity index (χ1) is 8.40. The molecule has 108 valence electrons. The Hall–Kier alpha value is -0.120. The van der Waals surface area contributed by atoms with Crippen LogP contribution in [0.1, 0.15) is 34.6 Å². The average Bonchev–Trinajstić information content (AvgIpc) is 2.34. The largest absolute Gasteiger partial charge is 0.388 e. The molecule has 1 fully saturated rings. The minimum atomic E-state index is -0.514. The maximum atomic E-state index is 9.69. The molecule has 3 nitrogen and oxygen atoms in total. The third-order valence-corrected chi connectivity index (χ3v) is 5.19. The molecule has 0 aromatic carbocycles. The van der Waals surface area contributed by atoms with Crippen LogP contribution in [0.4, 0.5) is 0 Å². The van der Waals surface area contributed by atoms with Crippen LogP contribution in [-0.2, 0) is 9.47 Å². The van der Waals surface area contributed by atoms with E-state index in [4.69, 9.17) is 9.47 Å². The van der Waals surface area contributed by atoms with Crippen molar-refractivity contribution in [1.82, 2.24) is 0 Å². The summed E-state index contributed by atoms with van der Waals surface area (Å²) < 4.78 is 10.9. The van der Waals surface area contributed by atoms with E-state index in [1.807, 2.05) is 0 Å². The van der Waals surface area contributed by atoms with Crippen molar-refractivity contribution >= 4 is 0 Å². The number of aliphatic hydroxyl groups is 1. The molecule has 0 saturated heterocycles. The molecule has 3 heteroatoms. The minimum absolute atomic E-state index is 0.248. The molecule has 1 aliphatic carbocycles. The average molecular weight is 258 g/mol. The predicted octanol–water partition coefficient (Wildman–Crippen LogP) is 2.57. The van der Waals surface area contributed by atoms with Gasteiger partial charge in [-0.1, -0.05) is 34.6 Å². The van der Waals surface area contributed by atoms with Gasteiger partial charge in [-0.05, 0) is 29.6 Å². The van der Waals surface area contributed by atoms with Crippen LogP contribution in [0.3, 0.4) is 0 Å². The highest BCUT2D eigenvalue weighted by molar-refractivity contribution is 4.90. The summed E-state index contributed by atoms with van der Waals surface area (Å²) in [4.78, 5) is 0. The highest BCUT2D eigenvalue weighted by atomic mass is 16.5. The van der Waals surface area contributed by atoms with Gasteiger partial charge in [-0.25, -0.2) is 0 Å². The topological polar surface area (TPSA) is 38.7 Å². The molecule has 0 aliphatic heterocycles. The zero-order chi connectivity index (χ0) is 13.9. The zero-order valence-corrected chi connectivity index (χ0v) is 12.7. The monoisotopic (exact) mass is 258 g/mol. The van der Waals surface area contributed by atoms with E-state index >= 15 is 0 Å². The van der Waals surface area contributed by atoms with Crippen LogP contribution in [0, 0.1) is 29.6 Å². The Morgan fingerprint density at radius 2 is 1.28 bits per heavy atom. The van der Waals surface area contributed by atoms with Crippen LogP contribution in [0.5, 0.6) is 0 Å². The molecule has 0 bridgehead atoms. The van der Waals surface area contributed by atoms with Crippen LogP contribution >= 0.6 is 0 Å². The van der Waals surface area contributed by atoms with E-state index in [-0.39, 0.29) is 6.10 Å². The van der Waals surface area contributed by atoms with Crippen molar-refractivity contribution in [2.24, 2.45) is 29.6 Å². The van der Waals surface area contributed by atoms with Gasteiger partial charge in [-0.3, -0.25) is 0 Å². The molecular formula is C15H30O3. The summed E-state index contributed by atoms with van der Waals surface area (Å²) in [5.74, 6) is 3.15. The minimum Gasteiger partial charge on any atom is -0.388 e. The molecule has 0 radical (unpaired) electrons. The van der Waals surface area contributed by atoms with Gasteiger partial charge in [0.05, 0.1) is 19.3 Å². The lowest BCUT2D eigenvalue weighted by Gasteiger charge is -2.47. The Kier molecular flexibility index (Phi) is 6.09. The Balaban J connectivity index is 2.57. The summed E-state index contributed by atoms with van der Waals surface area (Å²) in [6.07, 6.45) is -0.267. The molecule has 0 spiro atoms. The molecule has 0 heterocycles. The molecule has 18 heavy (non-hydrogen) atoms. The number of methoxy groups -OCH3 is 1. The fourth-order valence-corrected chi connectivity index (χ4v) is 3.28. The molecule has 0 amide bonds. The fraction of sp³-hybridized carbons (Fsp3) is 1.00. The molecule has 1 saturated carbocycles. The molecule has 1 N–H and O–H groups in total. The lowest BCUT2D eigenvalue weighted by molar-refractivity contribution is -0.119. The highest BCUT2D eigenvalue weighted by Gasteiger charge is 2.41. The van der Waals surface area contributed by atoms with Gasteiger partial charge in [0, 0.05) is 7.11 Å². The van der Waals surface area contributed by atoms with Gasteiger partial charge >= 0.3 is 0 Å². The number of ether oxygens (including phenoxy) is 2. The van der Waals surface area contributed by atoms with Gasteiger partial charge in [-0.2, -0.15) is 0 Å². The second-order valence-corrected chi connectivity index (χ2v) is 6.20. The van der Waals surface area contributed by atoms with E-state index in [1.54, 1.807) is 7.11 Å².